The molecule has 1 unspecified atom stereocenters. The van der Waals surface area contributed by atoms with Crippen molar-refractivity contribution in [2.75, 3.05) is 49.5 Å². The Morgan fingerprint density at radius 3 is 2.77 bits per heavy atom. The lowest BCUT2D eigenvalue weighted by atomic mass is 9.80. The van der Waals surface area contributed by atoms with Gasteiger partial charge in [-0.3, -0.25) is 9.69 Å². The molecule has 3 aliphatic rings. The lowest BCUT2D eigenvalue weighted by Crippen LogP contribution is -2.39. The third-order valence-corrected chi connectivity index (χ3v) is 7.58. The monoisotopic (exact) mass is 422 g/mol. The number of hydrogen-bond donors (Lipinski definition) is 3. The van der Waals surface area contributed by atoms with Gasteiger partial charge in [-0.2, -0.15) is 11.8 Å². The van der Waals surface area contributed by atoms with Gasteiger partial charge in [-0.15, -0.1) is 0 Å². The van der Waals surface area contributed by atoms with Gasteiger partial charge in [0.05, 0.1) is 6.04 Å². The lowest BCUT2D eigenvalue weighted by Gasteiger charge is -2.37. The number of carbonyl (C=O) groups is 1. The highest BCUT2D eigenvalue weighted by Crippen LogP contribution is 2.47. The van der Waals surface area contributed by atoms with E-state index in [0.29, 0.717) is 24.5 Å². The average molecular weight is 423 g/mol. The summed E-state index contributed by atoms with van der Waals surface area (Å²) in [7, 11) is 0. The smallest absolute Gasteiger partial charge is 0.251 e. The second kappa shape index (κ2) is 9.00. The normalized spacial score (nSPS) is 25.8. The Kier molecular flexibility index (Phi) is 5.97. The van der Waals surface area contributed by atoms with Crippen LogP contribution >= 0.6 is 11.8 Å². The van der Waals surface area contributed by atoms with E-state index in [0.717, 1.165) is 43.9 Å². The van der Waals surface area contributed by atoms with E-state index >= 15 is 0 Å². The molecule has 0 bridgehead atoms. The summed E-state index contributed by atoms with van der Waals surface area (Å²) < 4.78 is 0. The van der Waals surface area contributed by atoms with Crippen LogP contribution in [0.25, 0.3) is 0 Å². The molecule has 2 saturated heterocycles. The maximum absolute atomic E-state index is 12.8. The molecule has 2 aromatic carbocycles. The fraction of sp³-hybridized carbons (Fsp3) is 0.458. The molecule has 0 saturated carbocycles. The van der Waals surface area contributed by atoms with Crippen LogP contribution in [-0.4, -0.2) is 55.0 Å². The zero-order valence-corrected chi connectivity index (χ0v) is 18.1. The molecule has 2 aromatic rings. The Balaban J connectivity index is 1.29. The molecule has 0 aromatic heterocycles. The first kappa shape index (κ1) is 19.9. The predicted molar refractivity (Wildman–Crippen MR) is 124 cm³/mol. The fourth-order valence-corrected chi connectivity index (χ4v) is 6.01. The number of carbonyl (C=O) groups excluding carboxylic acids is 1. The Hall–Kier alpha value is -2.02. The van der Waals surface area contributed by atoms with Crippen LogP contribution in [0, 0.1) is 5.92 Å². The summed E-state index contributed by atoms with van der Waals surface area (Å²) in [6, 6.07) is 17.4. The predicted octanol–water partition coefficient (Wildman–Crippen LogP) is 3.28. The molecule has 5 nitrogen and oxygen atoms in total. The van der Waals surface area contributed by atoms with Crippen LogP contribution in [0.3, 0.4) is 0 Å². The van der Waals surface area contributed by atoms with Crippen LogP contribution in [0.5, 0.6) is 0 Å². The van der Waals surface area contributed by atoms with Crippen molar-refractivity contribution >= 4 is 23.4 Å². The van der Waals surface area contributed by atoms with Crippen LogP contribution < -0.4 is 16.0 Å². The van der Waals surface area contributed by atoms with E-state index in [1.165, 1.54) is 22.6 Å². The first-order valence-electron chi connectivity index (χ1n) is 11.1. The van der Waals surface area contributed by atoms with Gasteiger partial charge in [0.15, 0.2) is 0 Å². The Morgan fingerprint density at radius 2 is 1.93 bits per heavy atom. The maximum Gasteiger partial charge on any atom is 0.251 e. The largest absolute Gasteiger partial charge is 0.378 e. The fourth-order valence-electron chi connectivity index (χ4n) is 5.04. The van der Waals surface area contributed by atoms with Crippen LogP contribution in [0.4, 0.5) is 5.69 Å². The van der Waals surface area contributed by atoms with Gasteiger partial charge in [0, 0.05) is 60.9 Å². The maximum atomic E-state index is 12.8. The molecule has 0 aliphatic carbocycles. The number of anilines is 1. The van der Waals surface area contributed by atoms with Crippen molar-refractivity contribution < 1.29 is 4.79 Å². The molecule has 3 N–H and O–H groups in total. The molecule has 0 spiro atoms. The van der Waals surface area contributed by atoms with Gasteiger partial charge >= 0.3 is 0 Å². The van der Waals surface area contributed by atoms with E-state index < -0.39 is 0 Å². The molecule has 3 atom stereocenters. The quantitative estimate of drug-likeness (QED) is 0.690. The highest BCUT2D eigenvalue weighted by atomic mass is 32.2. The third kappa shape index (κ3) is 4.09. The molecule has 0 radical (unpaired) electrons. The second-order valence-corrected chi connectivity index (χ2v) is 9.65. The first-order chi connectivity index (χ1) is 14.8. The summed E-state index contributed by atoms with van der Waals surface area (Å²) in [5, 5.41) is 10.6. The molecule has 3 aliphatic heterocycles. The first-order valence-corrected chi connectivity index (χ1v) is 12.2. The number of hydrogen-bond acceptors (Lipinski definition) is 5. The van der Waals surface area contributed by atoms with E-state index in [4.69, 9.17) is 0 Å². The number of nitrogens with zero attached hydrogens (tertiary/aromatic N) is 1. The van der Waals surface area contributed by atoms with Gasteiger partial charge in [0.25, 0.3) is 5.91 Å². The molecular weight excluding hydrogens is 392 g/mol. The Bertz CT molecular complexity index is 884. The second-order valence-electron chi connectivity index (χ2n) is 8.43. The minimum Gasteiger partial charge on any atom is -0.378 e. The number of benzene rings is 2. The molecule has 6 heteroatoms. The van der Waals surface area contributed by atoms with Gasteiger partial charge in [-0.05, 0) is 42.3 Å². The summed E-state index contributed by atoms with van der Waals surface area (Å²) in [6.07, 6.45) is 1.14. The van der Waals surface area contributed by atoms with Crippen LogP contribution in [0.15, 0.2) is 48.5 Å². The Labute approximate surface area is 183 Å². The Morgan fingerprint density at radius 1 is 1.10 bits per heavy atom. The van der Waals surface area contributed by atoms with Gasteiger partial charge in [0.2, 0.25) is 0 Å². The summed E-state index contributed by atoms with van der Waals surface area (Å²) in [5.74, 6) is 2.93. The topological polar surface area (TPSA) is 56.4 Å². The van der Waals surface area contributed by atoms with Crippen LogP contribution in [0.2, 0.25) is 0 Å². The van der Waals surface area contributed by atoms with Crippen molar-refractivity contribution in [1.82, 2.24) is 15.5 Å². The average Bonchev–Trinajstić information content (AvgIpc) is 3.30. The molecule has 2 fully saturated rings. The molecule has 3 heterocycles. The van der Waals surface area contributed by atoms with Crippen molar-refractivity contribution in [3.63, 3.8) is 0 Å². The zero-order chi connectivity index (χ0) is 20.3. The summed E-state index contributed by atoms with van der Waals surface area (Å²) in [4.78, 5) is 15.2. The molecular formula is C24H30N4OS. The summed E-state index contributed by atoms with van der Waals surface area (Å²) in [5.41, 5.74) is 4.46. The van der Waals surface area contributed by atoms with Gasteiger partial charge in [0.1, 0.15) is 0 Å². The van der Waals surface area contributed by atoms with Crippen molar-refractivity contribution in [1.29, 1.82) is 0 Å². The standard InChI is InChI=1S/C24H30N4OS/c29-24(26-10-11-28-12-14-30-15-13-28)18-6-7-21-20(16-18)23-19(8-9-25-23)22(27-21)17-4-2-1-3-5-17/h1-7,16,19,22-23,25,27H,8-15H2,(H,26,29)/t19-,22?,23-/m0/s1. The summed E-state index contributed by atoms with van der Waals surface area (Å²) in [6.45, 7) is 4.91. The molecule has 30 heavy (non-hydrogen) atoms. The highest BCUT2D eigenvalue weighted by molar-refractivity contribution is 7.99. The number of fused-ring (bicyclic) bond motifs is 3. The van der Waals surface area contributed by atoms with Gasteiger partial charge in [-0.25, -0.2) is 0 Å². The van der Waals surface area contributed by atoms with Crippen molar-refractivity contribution in [3.05, 3.63) is 65.2 Å². The molecule has 1 amide bonds. The number of rotatable bonds is 5. The van der Waals surface area contributed by atoms with E-state index in [2.05, 4.69) is 63.3 Å². The van der Waals surface area contributed by atoms with Crippen molar-refractivity contribution in [2.45, 2.75) is 18.5 Å². The minimum absolute atomic E-state index is 0.0314. The SMILES string of the molecule is O=C(NCCN1CCSCC1)c1ccc2c(c1)[C@H]1NCC[C@H]1C(c1ccccc1)N2. The van der Waals surface area contributed by atoms with Crippen molar-refractivity contribution in [3.8, 4) is 0 Å². The molecule has 158 valence electrons. The number of thioether (sulfide) groups is 1. The van der Waals surface area contributed by atoms with Gasteiger partial charge in [-0.1, -0.05) is 30.3 Å². The van der Waals surface area contributed by atoms with Crippen LogP contribution in [-0.2, 0) is 0 Å². The number of amides is 1. The lowest BCUT2D eigenvalue weighted by molar-refractivity contribution is 0.0948. The van der Waals surface area contributed by atoms with E-state index in [1.54, 1.807) is 0 Å². The minimum atomic E-state index is 0.0314. The van der Waals surface area contributed by atoms with Gasteiger partial charge < -0.3 is 16.0 Å². The van der Waals surface area contributed by atoms with E-state index in [-0.39, 0.29) is 5.91 Å². The van der Waals surface area contributed by atoms with Crippen molar-refractivity contribution in [2.24, 2.45) is 5.92 Å². The zero-order valence-electron chi connectivity index (χ0n) is 17.3. The third-order valence-electron chi connectivity index (χ3n) is 6.63. The van der Waals surface area contributed by atoms with E-state index in [9.17, 15) is 4.79 Å². The summed E-state index contributed by atoms with van der Waals surface area (Å²) >= 11 is 2.01. The van der Waals surface area contributed by atoms with Crippen LogP contribution in [0.1, 0.15) is 40.0 Å². The highest BCUT2D eigenvalue weighted by Gasteiger charge is 2.40. The molecule has 5 rings (SSSR count). The van der Waals surface area contributed by atoms with E-state index in [1.807, 2.05) is 17.8 Å². The number of nitrogens with one attached hydrogen (secondary N) is 3.